The molecule has 0 aliphatic rings. The van der Waals surface area contributed by atoms with Crippen molar-refractivity contribution in [3.8, 4) is 0 Å². The molecule has 2 rings (SSSR count). The zero-order valence-corrected chi connectivity index (χ0v) is 10.6. The first-order chi connectivity index (χ1) is 9.47. The quantitative estimate of drug-likeness (QED) is 0.674. The first-order valence-electron chi connectivity index (χ1n) is 5.83. The average molecular weight is 282 g/mol. The molecule has 0 aliphatic heterocycles. The van der Waals surface area contributed by atoms with E-state index in [2.05, 4.69) is 10.4 Å². The molecule has 1 aromatic heterocycles. The summed E-state index contributed by atoms with van der Waals surface area (Å²) in [6, 6.07) is 3.18. The van der Waals surface area contributed by atoms with Gasteiger partial charge in [-0.25, -0.2) is 4.39 Å². The summed E-state index contributed by atoms with van der Waals surface area (Å²) in [5, 5.41) is 17.6. The summed E-state index contributed by atoms with van der Waals surface area (Å²) in [5.74, 6) is -2.07. The number of rotatable bonds is 5. The van der Waals surface area contributed by atoms with Crippen molar-refractivity contribution >= 4 is 11.4 Å². The summed E-state index contributed by atoms with van der Waals surface area (Å²) >= 11 is 0. The van der Waals surface area contributed by atoms with Crippen molar-refractivity contribution in [2.75, 3.05) is 11.9 Å². The second kappa shape index (κ2) is 5.64. The summed E-state index contributed by atoms with van der Waals surface area (Å²) in [4.78, 5) is 9.90. The number of aromatic nitrogens is 2. The van der Waals surface area contributed by atoms with Crippen LogP contribution in [0.1, 0.15) is 5.69 Å². The highest BCUT2D eigenvalue weighted by Gasteiger charge is 2.21. The van der Waals surface area contributed by atoms with Crippen molar-refractivity contribution in [3.63, 3.8) is 0 Å². The predicted molar refractivity (Wildman–Crippen MR) is 68.4 cm³/mol. The highest BCUT2D eigenvalue weighted by Crippen LogP contribution is 2.28. The van der Waals surface area contributed by atoms with E-state index in [0.717, 1.165) is 11.8 Å². The third-order valence-electron chi connectivity index (χ3n) is 2.68. The Morgan fingerprint density at radius 3 is 2.80 bits per heavy atom. The summed E-state index contributed by atoms with van der Waals surface area (Å²) in [6.07, 6.45) is 2.25. The normalized spacial score (nSPS) is 10.6. The summed E-state index contributed by atoms with van der Waals surface area (Å²) < 4.78 is 28.1. The van der Waals surface area contributed by atoms with Crippen LogP contribution in [0.25, 0.3) is 0 Å². The van der Waals surface area contributed by atoms with Crippen LogP contribution in [0.2, 0.25) is 0 Å². The van der Waals surface area contributed by atoms with Crippen molar-refractivity contribution in [3.05, 3.63) is 51.8 Å². The van der Waals surface area contributed by atoms with Crippen molar-refractivity contribution in [1.82, 2.24) is 9.78 Å². The van der Waals surface area contributed by atoms with Gasteiger partial charge in [0, 0.05) is 38.3 Å². The number of benzene rings is 1. The van der Waals surface area contributed by atoms with Gasteiger partial charge in [-0.2, -0.15) is 9.49 Å². The molecule has 0 unspecified atom stereocenters. The number of hydrogen-bond acceptors (Lipinski definition) is 4. The Balaban J connectivity index is 2.10. The van der Waals surface area contributed by atoms with E-state index < -0.39 is 22.2 Å². The van der Waals surface area contributed by atoms with Gasteiger partial charge in [-0.3, -0.25) is 14.8 Å². The summed E-state index contributed by atoms with van der Waals surface area (Å²) in [6.45, 7) is 0.279. The Morgan fingerprint density at radius 2 is 2.20 bits per heavy atom. The molecule has 1 N–H and O–H groups in total. The molecule has 20 heavy (non-hydrogen) atoms. The SMILES string of the molecule is Cn1ccc(CCNc2cc(F)cc(F)c2[N+](=O)[O-])n1. The number of nitro groups is 1. The Morgan fingerprint density at radius 1 is 1.45 bits per heavy atom. The van der Waals surface area contributed by atoms with E-state index in [1.807, 2.05) is 0 Å². The number of nitrogens with zero attached hydrogens (tertiary/aromatic N) is 3. The van der Waals surface area contributed by atoms with E-state index in [1.165, 1.54) is 0 Å². The minimum atomic E-state index is -1.20. The maximum absolute atomic E-state index is 13.4. The number of hydrogen-bond donors (Lipinski definition) is 1. The van der Waals surface area contributed by atoms with Crippen LogP contribution in [-0.4, -0.2) is 21.2 Å². The molecule has 106 valence electrons. The molecule has 6 nitrogen and oxygen atoms in total. The summed E-state index contributed by atoms with van der Waals surface area (Å²) in [7, 11) is 1.77. The smallest absolute Gasteiger partial charge is 0.327 e. The van der Waals surface area contributed by atoms with E-state index in [-0.39, 0.29) is 12.2 Å². The molecule has 0 amide bonds. The van der Waals surface area contributed by atoms with Crippen LogP contribution in [0.5, 0.6) is 0 Å². The number of nitrogens with one attached hydrogen (secondary N) is 1. The zero-order chi connectivity index (χ0) is 14.7. The fourth-order valence-corrected chi connectivity index (χ4v) is 1.81. The third kappa shape index (κ3) is 3.08. The molecule has 2 aromatic rings. The summed E-state index contributed by atoms with van der Waals surface area (Å²) in [5.41, 5.74) is -0.157. The van der Waals surface area contributed by atoms with E-state index in [1.54, 1.807) is 24.0 Å². The second-order valence-electron chi connectivity index (χ2n) is 4.20. The van der Waals surface area contributed by atoms with Gasteiger partial charge in [0.05, 0.1) is 10.6 Å². The number of nitro benzene ring substituents is 1. The van der Waals surface area contributed by atoms with Crippen molar-refractivity contribution in [2.45, 2.75) is 6.42 Å². The topological polar surface area (TPSA) is 73.0 Å². The molecule has 0 saturated heterocycles. The van der Waals surface area contributed by atoms with Gasteiger partial charge in [-0.05, 0) is 6.07 Å². The Hall–Kier alpha value is -2.51. The first kappa shape index (κ1) is 13.9. The fraction of sp³-hybridized carbons (Fsp3) is 0.250. The van der Waals surface area contributed by atoms with Crippen LogP contribution in [-0.2, 0) is 13.5 Å². The van der Waals surface area contributed by atoms with Crippen LogP contribution in [0, 0.1) is 21.7 Å². The van der Waals surface area contributed by atoms with Crippen LogP contribution >= 0.6 is 0 Å². The largest absolute Gasteiger partial charge is 0.379 e. The molecule has 0 saturated carbocycles. The van der Waals surface area contributed by atoms with Gasteiger partial charge in [0.25, 0.3) is 0 Å². The fourth-order valence-electron chi connectivity index (χ4n) is 1.81. The van der Waals surface area contributed by atoms with Crippen molar-refractivity contribution in [1.29, 1.82) is 0 Å². The second-order valence-corrected chi connectivity index (χ2v) is 4.20. The third-order valence-corrected chi connectivity index (χ3v) is 2.68. The van der Waals surface area contributed by atoms with Gasteiger partial charge in [0.15, 0.2) is 0 Å². The van der Waals surface area contributed by atoms with E-state index in [0.29, 0.717) is 12.5 Å². The maximum atomic E-state index is 13.4. The lowest BCUT2D eigenvalue weighted by Crippen LogP contribution is -2.09. The number of halogens is 2. The lowest BCUT2D eigenvalue weighted by atomic mass is 10.2. The minimum Gasteiger partial charge on any atom is -0.379 e. The molecule has 1 aromatic carbocycles. The zero-order valence-electron chi connectivity index (χ0n) is 10.6. The van der Waals surface area contributed by atoms with Gasteiger partial charge in [0.2, 0.25) is 5.82 Å². The van der Waals surface area contributed by atoms with Crippen molar-refractivity contribution < 1.29 is 13.7 Å². The van der Waals surface area contributed by atoms with E-state index in [9.17, 15) is 18.9 Å². The lowest BCUT2D eigenvalue weighted by Gasteiger charge is -2.07. The van der Waals surface area contributed by atoms with Gasteiger partial charge < -0.3 is 5.32 Å². The Bertz CT molecular complexity index is 642. The first-order valence-corrected chi connectivity index (χ1v) is 5.83. The van der Waals surface area contributed by atoms with Gasteiger partial charge in [-0.1, -0.05) is 0 Å². The Kier molecular flexibility index (Phi) is 3.92. The standard InChI is InChI=1S/C12H12F2N4O2/c1-17-5-3-9(16-17)2-4-15-11-7-8(13)6-10(14)12(11)18(19)20/h3,5-7,15H,2,4H2,1H3. The molecule has 0 fully saturated rings. The van der Waals surface area contributed by atoms with Crippen LogP contribution in [0.15, 0.2) is 24.4 Å². The number of anilines is 1. The van der Waals surface area contributed by atoms with E-state index in [4.69, 9.17) is 0 Å². The highest BCUT2D eigenvalue weighted by molar-refractivity contribution is 5.62. The number of aryl methyl sites for hydroxylation is 1. The highest BCUT2D eigenvalue weighted by atomic mass is 19.1. The molecule has 1 heterocycles. The molecular weight excluding hydrogens is 270 g/mol. The van der Waals surface area contributed by atoms with Crippen molar-refractivity contribution in [2.24, 2.45) is 7.05 Å². The van der Waals surface area contributed by atoms with Gasteiger partial charge in [-0.15, -0.1) is 0 Å². The van der Waals surface area contributed by atoms with Crippen LogP contribution < -0.4 is 5.32 Å². The van der Waals surface area contributed by atoms with Gasteiger partial charge >= 0.3 is 5.69 Å². The molecule has 0 spiro atoms. The van der Waals surface area contributed by atoms with Gasteiger partial charge in [0.1, 0.15) is 11.5 Å². The molecule has 8 heteroatoms. The van der Waals surface area contributed by atoms with Crippen LogP contribution in [0.4, 0.5) is 20.2 Å². The molecule has 0 bridgehead atoms. The lowest BCUT2D eigenvalue weighted by molar-refractivity contribution is -0.386. The predicted octanol–water partition coefficient (Wildman–Crippen LogP) is 2.26. The monoisotopic (exact) mass is 282 g/mol. The minimum absolute atomic E-state index is 0.177. The van der Waals surface area contributed by atoms with Crippen LogP contribution in [0.3, 0.4) is 0 Å². The Labute approximate surface area is 113 Å². The molecule has 0 radical (unpaired) electrons. The molecule has 0 aliphatic carbocycles. The molecular formula is C12H12F2N4O2. The average Bonchev–Trinajstić information content (AvgIpc) is 2.73. The van der Waals surface area contributed by atoms with E-state index >= 15 is 0 Å². The molecule has 0 atom stereocenters. The maximum Gasteiger partial charge on any atom is 0.327 e.